The van der Waals surface area contributed by atoms with E-state index >= 15 is 0 Å². The van der Waals surface area contributed by atoms with Gasteiger partial charge in [0.05, 0.1) is 19.2 Å². The first-order chi connectivity index (χ1) is 13.1. The maximum atomic E-state index is 13.5. The van der Waals surface area contributed by atoms with E-state index in [-0.39, 0.29) is 54.8 Å². The minimum atomic E-state index is -0.367. The topological polar surface area (TPSA) is 145 Å². The number of benzene rings is 1. The van der Waals surface area contributed by atoms with Crippen LogP contribution in [0.15, 0.2) is 27.8 Å². The lowest BCUT2D eigenvalue weighted by Crippen LogP contribution is -2.32. The summed E-state index contributed by atoms with van der Waals surface area (Å²) in [4.78, 5) is 16.0. The fraction of sp³-hybridized carbons (Fsp3) is 0.375. The summed E-state index contributed by atoms with van der Waals surface area (Å²) in [7, 11) is 0. The number of anilines is 1. The number of halogens is 1. The third-order valence-corrected chi connectivity index (χ3v) is 4.11. The van der Waals surface area contributed by atoms with E-state index in [1.807, 2.05) is 5.48 Å². The molecule has 1 amide bonds. The molecule has 1 aliphatic rings. The van der Waals surface area contributed by atoms with Crippen molar-refractivity contribution in [3.8, 4) is 0 Å². The number of hydroxylamine groups is 1. The van der Waals surface area contributed by atoms with E-state index in [1.54, 1.807) is 6.07 Å². The number of aliphatic hydroxyl groups excluding tert-OH is 1. The number of hydrogen-bond donors (Lipinski definition) is 5. The molecule has 0 spiro atoms. The normalized spacial score (nSPS) is 16.1. The van der Waals surface area contributed by atoms with Gasteiger partial charge in [0.15, 0.2) is 11.5 Å². The number of fused-ring (bicyclic) bond motifs is 1. The van der Waals surface area contributed by atoms with Gasteiger partial charge in [0.2, 0.25) is 11.7 Å². The van der Waals surface area contributed by atoms with Crippen LogP contribution in [0.2, 0.25) is 0 Å². The molecule has 1 aromatic heterocycles. The Kier molecular flexibility index (Phi) is 5.94. The average Bonchev–Trinajstić information content (AvgIpc) is 3.29. The van der Waals surface area contributed by atoms with Crippen LogP contribution in [0.5, 0.6) is 0 Å². The summed E-state index contributed by atoms with van der Waals surface area (Å²) in [5.41, 5.74) is 3.79. The van der Waals surface area contributed by atoms with Gasteiger partial charge in [-0.3, -0.25) is 20.5 Å². The zero-order valence-electron chi connectivity index (χ0n) is 14.3. The minimum absolute atomic E-state index is 0.0170. The third-order valence-electron chi connectivity index (χ3n) is 4.11. The molecule has 2 aromatic rings. The smallest absolute Gasteiger partial charge is 0.239 e. The molecule has 0 unspecified atom stereocenters. The van der Waals surface area contributed by atoms with Crippen LogP contribution in [0.3, 0.4) is 0 Å². The van der Waals surface area contributed by atoms with Crippen molar-refractivity contribution < 1.29 is 24.1 Å². The van der Waals surface area contributed by atoms with Crippen LogP contribution < -0.4 is 16.1 Å². The molecule has 0 radical (unpaired) electrons. The third kappa shape index (κ3) is 4.38. The predicted molar refractivity (Wildman–Crippen MR) is 91.8 cm³/mol. The molecule has 1 aliphatic carbocycles. The maximum absolute atomic E-state index is 13.5. The van der Waals surface area contributed by atoms with Gasteiger partial charge < -0.3 is 15.7 Å². The molecule has 1 atom stereocenters. The molecule has 10 nitrogen and oxygen atoms in total. The Balaban J connectivity index is 1.76. The Morgan fingerprint density at radius 2 is 2.26 bits per heavy atom. The average molecular weight is 378 g/mol. The van der Waals surface area contributed by atoms with E-state index in [9.17, 15) is 14.4 Å². The van der Waals surface area contributed by atoms with Crippen LogP contribution >= 0.6 is 0 Å². The quantitative estimate of drug-likeness (QED) is 0.260. The minimum Gasteiger partial charge on any atom is -0.395 e. The van der Waals surface area contributed by atoms with Gasteiger partial charge in [-0.1, -0.05) is 6.07 Å². The lowest BCUT2D eigenvalue weighted by Gasteiger charge is -2.10. The fourth-order valence-electron chi connectivity index (χ4n) is 2.87. The number of aromatic nitrogens is 2. The van der Waals surface area contributed by atoms with Crippen molar-refractivity contribution in [2.24, 2.45) is 4.99 Å². The molecule has 0 saturated heterocycles. The number of nitrogens with one attached hydrogen (secondary N) is 3. The first kappa shape index (κ1) is 18.7. The lowest BCUT2D eigenvalue weighted by atomic mass is 10.1. The Bertz CT molecular complexity index is 840. The number of carbonyl (C=O) groups excluding carboxylic acids is 1. The van der Waals surface area contributed by atoms with Crippen molar-refractivity contribution in [2.45, 2.75) is 18.9 Å². The SMILES string of the molecule is O=C(CNc1nonc1C(=N[C@@H]1CCc2ccc(F)cc21)NO)NCCO. The van der Waals surface area contributed by atoms with Crippen LogP contribution in [-0.2, 0) is 11.2 Å². The van der Waals surface area contributed by atoms with E-state index in [1.165, 1.54) is 12.1 Å². The summed E-state index contributed by atoms with van der Waals surface area (Å²) in [6, 6.07) is 4.20. The first-order valence-electron chi connectivity index (χ1n) is 8.33. The fourth-order valence-corrected chi connectivity index (χ4v) is 2.87. The Labute approximate surface area is 153 Å². The van der Waals surface area contributed by atoms with Crippen LogP contribution in [0.4, 0.5) is 10.2 Å². The van der Waals surface area contributed by atoms with Gasteiger partial charge in [0.1, 0.15) is 5.82 Å². The zero-order chi connectivity index (χ0) is 19.2. The van der Waals surface area contributed by atoms with Gasteiger partial charge in [0, 0.05) is 6.54 Å². The monoisotopic (exact) mass is 378 g/mol. The highest BCUT2D eigenvalue weighted by Gasteiger charge is 2.25. The number of nitrogens with zero attached hydrogens (tertiary/aromatic N) is 3. The van der Waals surface area contributed by atoms with E-state index in [2.05, 4.69) is 30.6 Å². The molecule has 11 heteroatoms. The lowest BCUT2D eigenvalue weighted by molar-refractivity contribution is -0.119. The summed E-state index contributed by atoms with van der Waals surface area (Å²) in [6.45, 7) is -0.179. The van der Waals surface area contributed by atoms with Crippen LogP contribution in [0.1, 0.15) is 29.3 Å². The van der Waals surface area contributed by atoms with Gasteiger partial charge in [0.25, 0.3) is 0 Å². The number of aliphatic imine (C=N–C) groups is 1. The summed E-state index contributed by atoms with van der Waals surface area (Å²) < 4.78 is 18.2. The molecule has 27 heavy (non-hydrogen) atoms. The zero-order valence-corrected chi connectivity index (χ0v) is 14.3. The highest BCUT2D eigenvalue weighted by atomic mass is 19.1. The molecule has 0 bridgehead atoms. The van der Waals surface area contributed by atoms with Crippen molar-refractivity contribution in [3.05, 3.63) is 40.8 Å². The second kappa shape index (κ2) is 8.56. The predicted octanol–water partition coefficient (Wildman–Crippen LogP) is 0.142. The number of rotatable bonds is 7. The van der Waals surface area contributed by atoms with E-state index in [0.717, 1.165) is 17.5 Å². The summed E-state index contributed by atoms with van der Waals surface area (Å²) in [6.07, 6.45) is 1.40. The number of amidine groups is 1. The van der Waals surface area contributed by atoms with E-state index in [4.69, 9.17) is 5.11 Å². The van der Waals surface area contributed by atoms with Gasteiger partial charge in [-0.15, -0.1) is 0 Å². The molecule has 1 heterocycles. The molecular weight excluding hydrogens is 359 g/mol. The van der Waals surface area contributed by atoms with Crippen LogP contribution in [0, 0.1) is 5.82 Å². The molecule has 1 aromatic carbocycles. The maximum Gasteiger partial charge on any atom is 0.239 e. The Hall–Kier alpha value is -3.05. The highest BCUT2D eigenvalue weighted by Crippen LogP contribution is 2.34. The summed E-state index contributed by atoms with van der Waals surface area (Å²) in [5, 5.41) is 30.7. The highest BCUT2D eigenvalue weighted by molar-refractivity contribution is 6.00. The van der Waals surface area contributed by atoms with Crippen molar-refractivity contribution in [2.75, 3.05) is 25.0 Å². The Morgan fingerprint density at radius 3 is 3.04 bits per heavy atom. The van der Waals surface area contributed by atoms with E-state index < -0.39 is 0 Å². The standard InChI is InChI=1S/C16H19FN6O4/c17-10-3-1-9-2-4-12(11(9)7-10)20-16(21-26)14-15(23-27-22-14)19-8-13(25)18-5-6-24/h1,3,7,12,24,26H,2,4-6,8H2,(H,18,25)(H,19,23)(H,20,21)/t12-/m1/s1. The summed E-state index contributed by atoms with van der Waals surface area (Å²) >= 11 is 0. The van der Waals surface area contributed by atoms with Crippen LogP contribution in [0.25, 0.3) is 0 Å². The molecule has 0 saturated carbocycles. The number of aryl methyl sites for hydroxylation is 1. The summed E-state index contributed by atoms with van der Waals surface area (Å²) in [5.74, 6) is -0.633. The van der Waals surface area contributed by atoms with Gasteiger partial charge in [-0.05, 0) is 46.4 Å². The van der Waals surface area contributed by atoms with Gasteiger partial charge >= 0.3 is 0 Å². The molecule has 144 valence electrons. The second-order valence-corrected chi connectivity index (χ2v) is 5.88. The van der Waals surface area contributed by atoms with Crippen LogP contribution in [-0.4, -0.2) is 52.1 Å². The number of hydrogen-bond acceptors (Lipinski definition) is 8. The molecule has 0 fully saturated rings. The number of amides is 1. The Morgan fingerprint density at radius 1 is 1.41 bits per heavy atom. The first-order valence-corrected chi connectivity index (χ1v) is 8.33. The second-order valence-electron chi connectivity index (χ2n) is 5.88. The number of carbonyl (C=O) groups is 1. The van der Waals surface area contributed by atoms with Crippen molar-refractivity contribution in [1.82, 2.24) is 21.1 Å². The number of aliphatic hydroxyl groups is 1. The van der Waals surface area contributed by atoms with E-state index in [0.29, 0.717) is 6.42 Å². The molecular formula is C16H19FN6O4. The largest absolute Gasteiger partial charge is 0.395 e. The molecule has 3 rings (SSSR count). The molecule has 5 N–H and O–H groups in total. The van der Waals surface area contributed by atoms with Crippen molar-refractivity contribution in [1.29, 1.82) is 0 Å². The molecule has 0 aliphatic heterocycles. The van der Waals surface area contributed by atoms with Gasteiger partial charge in [-0.2, -0.15) is 0 Å². The van der Waals surface area contributed by atoms with Crippen molar-refractivity contribution in [3.63, 3.8) is 0 Å². The van der Waals surface area contributed by atoms with Gasteiger partial charge in [-0.25, -0.2) is 9.02 Å². The van der Waals surface area contributed by atoms with Crippen molar-refractivity contribution >= 4 is 17.6 Å².